The van der Waals surface area contributed by atoms with Crippen molar-refractivity contribution in [3.05, 3.63) is 467 Å². The van der Waals surface area contributed by atoms with E-state index in [1.807, 2.05) is 6.07 Å². The monoisotopic (exact) mass is 1820 g/mol. The Morgan fingerprint density at radius 1 is 0.155 bits per heavy atom. The fourth-order valence-electron chi connectivity index (χ4n) is 23.6. The smallest absolute Gasteiger partial charge is 0.215 e. The van der Waals surface area contributed by atoms with Gasteiger partial charge >= 0.3 is 0 Å². The van der Waals surface area contributed by atoms with Gasteiger partial charge in [0.15, 0.2) is 0 Å². The Kier molecular flexibility index (Phi) is 21.2. The minimum atomic E-state index is 0. The lowest BCUT2D eigenvalue weighted by molar-refractivity contribution is 0.973. The number of rotatable bonds is 2. The third kappa shape index (κ3) is 12.7. The molecule has 0 atom stereocenters. The predicted octanol–water partition coefficient (Wildman–Crippen LogP) is 37.8. The molecular formula is C134H104N8. The second-order valence-corrected chi connectivity index (χ2v) is 36.3. The first-order valence-corrected chi connectivity index (χ1v) is 46.9. The number of hydrogen-bond acceptors (Lipinski definition) is 1. The van der Waals surface area contributed by atoms with Crippen LogP contribution in [-0.4, -0.2) is 36.0 Å². The molecule has 0 fully saturated rings. The van der Waals surface area contributed by atoms with Crippen LogP contribution < -0.4 is 0 Å². The van der Waals surface area contributed by atoms with Crippen LogP contribution in [-0.2, 0) is 7.05 Å². The van der Waals surface area contributed by atoms with Crippen LogP contribution in [0.25, 0.3) is 273 Å². The molecule has 34 rings (SSSR count). The third-order valence-corrected chi connectivity index (χ3v) is 29.3. The summed E-state index contributed by atoms with van der Waals surface area (Å²) in [5, 5.41) is 34.7. The van der Waals surface area contributed by atoms with Gasteiger partial charge in [0.1, 0.15) is 0 Å². The minimum Gasteiger partial charge on any atom is -0.313 e. The first-order valence-electron chi connectivity index (χ1n) is 46.9. The average molecular weight is 1830 g/mol. The van der Waals surface area contributed by atoms with Gasteiger partial charge in [0.05, 0.1) is 105 Å². The highest BCUT2D eigenvalue weighted by atomic mass is 15.2. The molecule has 0 unspecified atom stereocenters. The molecule has 0 aliphatic rings. The highest BCUT2D eigenvalue weighted by Gasteiger charge is 2.26. The zero-order chi connectivity index (χ0) is 89.1. The number of aromatic nitrogens is 8. The Morgan fingerprint density at radius 3 is 0.993 bits per heavy atom. The van der Waals surface area contributed by atoms with Crippen LogP contribution in [0.4, 0.5) is 0 Å². The standard InChI is InChI=1S/2C24H15N.3C22H13N.C14H11N3.6CH4/c1-2-8-16(9-3-1)17-11-6-13-20-21-14-7-12-19-18-10-4-5-15-22(18)25(23(17)20)24(19)21;1-2-7-16(8-3-1)17-13-14-23-21(15-17)20-11-6-10-19-18-9-4-5-12-22(18)25(23)24(19)20;1-2-7-15-13-21-19(12-14(15)6-1)18-10-5-9-17-16-8-3-4-11-20(16)23(21)22(17)18;1-2-7-15-14(6-1)12-13-19-18-10-5-9-17-16-8-3-4-11-20(16)23(21(15)19)22(17)18;1-2-7-15-14(6-1)12-13-20-21(15)18-10-5-9-17-16-8-3-4-11-19(16)23(20)22(17)18;1-16-12-8-4-5-9-13(12)17-11-7-3-2-6-10(11)15-14(16)17;;;;;;/h2*1-15H;3*1-13H;2-9H,1H3;6*1H4. The Bertz CT molecular complexity index is 10700. The Morgan fingerprint density at radius 2 is 0.465 bits per heavy atom. The molecule has 12 heterocycles. The summed E-state index contributed by atoms with van der Waals surface area (Å²) >= 11 is 0. The van der Waals surface area contributed by atoms with Crippen molar-refractivity contribution in [3.63, 3.8) is 0 Å². The number of hydrogen-bond donors (Lipinski definition) is 0. The molecule has 0 saturated carbocycles. The van der Waals surface area contributed by atoms with Gasteiger partial charge in [0.25, 0.3) is 0 Å². The summed E-state index contributed by atoms with van der Waals surface area (Å²) in [4.78, 5) is 4.68. The second kappa shape index (κ2) is 34.2. The average Bonchev–Trinajstić information content (AvgIpc) is 1.57. The summed E-state index contributed by atoms with van der Waals surface area (Å²) in [5.74, 6) is 0.993. The van der Waals surface area contributed by atoms with Gasteiger partial charge in [-0.25, -0.2) is 4.98 Å². The van der Waals surface area contributed by atoms with Crippen molar-refractivity contribution in [3.8, 4) is 22.3 Å². The van der Waals surface area contributed by atoms with E-state index in [4.69, 9.17) is 0 Å². The molecule has 0 amide bonds. The number of fused-ring (bicyclic) bond motifs is 40. The Hall–Kier alpha value is -18.1. The molecule has 0 radical (unpaired) electrons. The zero-order valence-corrected chi connectivity index (χ0v) is 74.0. The van der Waals surface area contributed by atoms with E-state index in [1.165, 1.54) is 262 Å². The van der Waals surface area contributed by atoms with Crippen LogP contribution in [0, 0.1) is 0 Å². The topological polar surface area (TPSA) is 44.3 Å². The predicted molar refractivity (Wildman–Crippen MR) is 618 cm³/mol. The molecule has 0 aliphatic carbocycles. The van der Waals surface area contributed by atoms with Crippen molar-refractivity contribution in [1.82, 2.24) is 36.0 Å². The van der Waals surface area contributed by atoms with Gasteiger partial charge in [0.2, 0.25) is 5.78 Å². The Labute approximate surface area is 821 Å². The van der Waals surface area contributed by atoms with Crippen LogP contribution in [0.5, 0.6) is 0 Å². The Balaban J connectivity index is 0.0000000942. The zero-order valence-electron chi connectivity index (χ0n) is 74.0. The van der Waals surface area contributed by atoms with Crippen molar-refractivity contribution in [2.24, 2.45) is 7.05 Å². The van der Waals surface area contributed by atoms with Crippen LogP contribution in [0.3, 0.4) is 0 Å². The fourth-order valence-corrected chi connectivity index (χ4v) is 23.6. The van der Waals surface area contributed by atoms with Crippen molar-refractivity contribution in [1.29, 1.82) is 0 Å². The van der Waals surface area contributed by atoms with Gasteiger partial charge in [-0.15, -0.1) is 0 Å². The van der Waals surface area contributed by atoms with Gasteiger partial charge in [-0.05, 0) is 129 Å². The summed E-state index contributed by atoms with van der Waals surface area (Å²) < 4.78 is 16.5. The summed E-state index contributed by atoms with van der Waals surface area (Å²) in [6, 6.07) is 168. The lowest BCUT2D eigenvalue weighted by atomic mass is 10.0. The minimum absolute atomic E-state index is 0. The van der Waals surface area contributed by atoms with Gasteiger partial charge in [-0.2, -0.15) is 0 Å². The lowest BCUT2D eigenvalue weighted by Gasteiger charge is -2.06. The normalized spacial score (nSPS) is 11.6. The molecule has 0 bridgehead atoms. The number of nitrogens with zero attached hydrogens (tertiary/aromatic N) is 8. The summed E-state index contributed by atoms with van der Waals surface area (Å²) in [6.45, 7) is 0. The van der Waals surface area contributed by atoms with E-state index in [1.54, 1.807) is 0 Å². The first-order chi connectivity index (χ1) is 67.5. The third-order valence-electron chi connectivity index (χ3n) is 29.3. The number of benzene rings is 22. The molecule has 12 aromatic heterocycles. The first kappa shape index (κ1) is 87.9. The molecule has 680 valence electrons. The maximum Gasteiger partial charge on any atom is 0.215 e. The number of aryl methyl sites for hydroxylation is 1. The van der Waals surface area contributed by atoms with Crippen molar-refractivity contribution < 1.29 is 0 Å². The van der Waals surface area contributed by atoms with E-state index in [-0.39, 0.29) is 44.6 Å². The largest absolute Gasteiger partial charge is 0.313 e. The van der Waals surface area contributed by atoms with E-state index >= 15 is 0 Å². The van der Waals surface area contributed by atoms with Crippen molar-refractivity contribution in [2.45, 2.75) is 44.6 Å². The molecule has 142 heavy (non-hydrogen) atoms. The van der Waals surface area contributed by atoms with E-state index in [0.29, 0.717) is 0 Å². The maximum absolute atomic E-state index is 4.68. The summed E-state index contributed by atoms with van der Waals surface area (Å²) in [6.07, 6.45) is 0. The van der Waals surface area contributed by atoms with Gasteiger partial charge in [-0.3, -0.25) is 4.40 Å². The van der Waals surface area contributed by atoms with Crippen LogP contribution in [0.15, 0.2) is 467 Å². The van der Waals surface area contributed by atoms with E-state index in [0.717, 1.165) is 11.3 Å². The lowest BCUT2D eigenvalue weighted by Crippen LogP contribution is -1.87. The van der Waals surface area contributed by atoms with Crippen molar-refractivity contribution in [2.75, 3.05) is 0 Å². The maximum atomic E-state index is 4.68. The highest BCUT2D eigenvalue weighted by Crippen LogP contribution is 2.48. The van der Waals surface area contributed by atoms with Crippen LogP contribution >= 0.6 is 0 Å². The molecule has 22 aromatic carbocycles. The second-order valence-electron chi connectivity index (χ2n) is 36.3. The van der Waals surface area contributed by atoms with Gasteiger partial charge in [-0.1, -0.05) is 427 Å². The highest BCUT2D eigenvalue weighted by molar-refractivity contribution is 6.32. The molecular weight excluding hydrogens is 1720 g/mol. The van der Waals surface area contributed by atoms with Crippen LogP contribution in [0.2, 0.25) is 0 Å². The molecule has 34 aromatic rings. The fraction of sp³-hybridized carbons (Fsp3) is 0.0522. The van der Waals surface area contributed by atoms with Crippen LogP contribution in [0.1, 0.15) is 44.6 Å². The van der Waals surface area contributed by atoms with Gasteiger partial charge < -0.3 is 26.6 Å². The summed E-state index contributed by atoms with van der Waals surface area (Å²) in [5.41, 5.74) is 29.4. The number of imidazole rings is 2. The van der Waals surface area contributed by atoms with E-state index in [9.17, 15) is 0 Å². The molecule has 8 heteroatoms. The van der Waals surface area contributed by atoms with Gasteiger partial charge in [0, 0.05) is 126 Å². The van der Waals surface area contributed by atoms with E-state index < -0.39 is 0 Å². The molecule has 0 spiro atoms. The number of para-hydroxylation sites is 15. The van der Waals surface area contributed by atoms with E-state index in [2.05, 4.69) is 504 Å². The summed E-state index contributed by atoms with van der Waals surface area (Å²) in [7, 11) is 2.06. The van der Waals surface area contributed by atoms with Crippen molar-refractivity contribution >= 4 is 251 Å². The molecule has 0 N–H and O–H groups in total. The molecule has 8 nitrogen and oxygen atoms in total. The molecule has 0 saturated heterocycles. The molecule has 0 aliphatic heterocycles. The quantitative estimate of drug-likeness (QED) is 0.170. The SMILES string of the molecule is C.C.C.C.C.C.Cn1c2ccccc2n2c3ccccc3nc12.c1ccc(-c2ccc3c(c2)c2cccc4c5ccccc5n3c42)cc1.c1ccc(-c2cccc3c4cccc5c6ccccc6n(c23)c54)cc1.c1ccc2c(c1)ccc1c2c2cccc3c4ccccc4n1c32.c1ccc2c(c1)ccc1c3cccc4c5ccccc5n(c21)c43.c1ccc2cc3c(cc2c1)c1cccc2c4ccccc4n3c21.